The maximum Gasteiger partial charge on any atom is 0.306 e. The number of aliphatic hydroxyl groups is 2. The SMILES string of the molecule is CCCCC/C=C\C/C=C\C/C=C\C/C=C\CCCC(CC(=O)NC(CO)C(O)CCCCCCCCCCC)OC(=O)CCCCCCC/C=C/C=C/C=C/CCCCCCC. The molecule has 3 N–H and O–H groups in total. The van der Waals surface area contributed by atoms with Crippen LogP contribution in [0.1, 0.15) is 239 Å². The molecule has 0 aliphatic rings. The predicted molar refractivity (Wildman–Crippen MR) is 273 cm³/mol. The maximum atomic E-state index is 13.2. The number of carbonyl (C=O) groups excluding carboxylic acids is 2. The largest absolute Gasteiger partial charge is 0.462 e. The van der Waals surface area contributed by atoms with Gasteiger partial charge in [-0.1, -0.05) is 221 Å². The van der Waals surface area contributed by atoms with Crippen LogP contribution in [0, 0.1) is 0 Å². The Labute approximate surface area is 389 Å². The summed E-state index contributed by atoms with van der Waals surface area (Å²) in [6.07, 6.45) is 65.0. The third-order valence-corrected chi connectivity index (χ3v) is 11.5. The maximum absolute atomic E-state index is 13.2. The Kier molecular flexibility index (Phi) is 47.7. The van der Waals surface area contributed by atoms with Crippen molar-refractivity contribution in [1.82, 2.24) is 5.32 Å². The van der Waals surface area contributed by atoms with E-state index >= 15 is 0 Å². The van der Waals surface area contributed by atoms with Crippen LogP contribution in [0.5, 0.6) is 0 Å². The summed E-state index contributed by atoms with van der Waals surface area (Å²) in [7, 11) is 0. The van der Waals surface area contributed by atoms with Crippen molar-refractivity contribution in [2.75, 3.05) is 6.61 Å². The normalized spacial score (nSPS) is 13.9. The van der Waals surface area contributed by atoms with E-state index in [0.717, 1.165) is 96.3 Å². The van der Waals surface area contributed by atoms with Gasteiger partial charge in [-0.3, -0.25) is 9.59 Å². The molecule has 0 rings (SSSR count). The van der Waals surface area contributed by atoms with Crippen LogP contribution < -0.4 is 5.32 Å². The molecule has 6 heteroatoms. The molecule has 0 aliphatic carbocycles. The van der Waals surface area contributed by atoms with Gasteiger partial charge in [0, 0.05) is 6.42 Å². The fourth-order valence-corrected chi connectivity index (χ4v) is 7.48. The van der Waals surface area contributed by atoms with Crippen molar-refractivity contribution in [3.05, 3.63) is 85.1 Å². The van der Waals surface area contributed by atoms with Gasteiger partial charge in [0.2, 0.25) is 5.91 Å². The summed E-state index contributed by atoms with van der Waals surface area (Å²) in [6.45, 7) is 6.39. The molecule has 63 heavy (non-hydrogen) atoms. The monoisotopic (exact) mass is 878 g/mol. The highest BCUT2D eigenvalue weighted by Gasteiger charge is 2.24. The van der Waals surface area contributed by atoms with Crippen molar-refractivity contribution < 1.29 is 24.5 Å². The quantitative estimate of drug-likeness (QED) is 0.0245. The molecule has 0 aromatic heterocycles. The van der Waals surface area contributed by atoms with Gasteiger partial charge in [0.15, 0.2) is 0 Å². The molecule has 3 atom stereocenters. The number of esters is 1. The predicted octanol–water partition coefficient (Wildman–Crippen LogP) is 16.0. The van der Waals surface area contributed by atoms with Gasteiger partial charge >= 0.3 is 5.97 Å². The van der Waals surface area contributed by atoms with Gasteiger partial charge in [-0.15, -0.1) is 0 Å². The van der Waals surface area contributed by atoms with Crippen LogP contribution in [-0.4, -0.2) is 46.9 Å². The van der Waals surface area contributed by atoms with Crippen LogP contribution in [0.3, 0.4) is 0 Å². The number of ether oxygens (including phenoxy) is 1. The first kappa shape index (κ1) is 60.0. The molecule has 362 valence electrons. The van der Waals surface area contributed by atoms with Gasteiger partial charge in [0.1, 0.15) is 6.10 Å². The van der Waals surface area contributed by atoms with Crippen LogP contribution in [0.25, 0.3) is 0 Å². The fraction of sp³-hybridized carbons (Fsp3) is 0.719. The molecular weight excluding hydrogens is 779 g/mol. The Bertz CT molecular complexity index is 1210. The molecule has 0 aliphatic heterocycles. The second-order valence-corrected chi connectivity index (χ2v) is 17.6. The van der Waals surface area contributed by atoms with Gasteiger partial charge in [-0.05, 0) is 89.9 Å². The second-order valence-electron chi connectivity index (χ2n) is 17.6. The van der Waals surface area contributed by atoms with Gasteiger partial charge in [-0.25, -0.2) is 0 Å². The Balaban J connectivity index is 4.73. The van der Waals surface area contributed by atoms with Crippen molar-refractivity contribution in [2.24, 2.45) is 0 Å². The van der Waals surface area contributed by atoms with E-state index in [1.54, 1.807) is 0 Å². The van der Waals surface area contributed by atoms with E-state index in [9.17, 15) is 19.8 Å². The molecule has 1 amide bonds. The number of aliphatic hydroxyl groups excluding tert-OH is 2. The molecule has 6 nitrogen and oxygen atoms in total. The number of rotatable bonds is 46. The number of hydrogen-bond acceptors (Lipinski definition) is 5. The smallest absolute Gasteiger partial charge is 0.306 e. The highest BCUT2D eigenvalue weighted by molar-refractivity contribution is 5.77. The van der Waals surface area contributed by atoms with Crippen LogP contribution in [0.4, 0.5) is 0 Å². The van der Waals surface area contributed by atoms with Crippen LogP contribution in [0.2, 0.25) is 0 Å². The molecule has 3 unspecified atom stereocenters. The topological polar surface area (TPSA) is 95.9 Å². The highest BCUT2D eigenvalue weighted by atomic mass is 16.5. The van der Waals surface area contributed by atoms with E-state index in [1.807, 2.05) is 0 Å². The zero-order valence-corrected chi connectivity index (χ0v) is 41.2. The molecule has 0 saturated carbocycles. The van der Waals surface area contributed by atoms with E-state index < -0.39 is 18.2 Å². The number of nitrogens with one attached hydrogen (secondary N) is 1. The average molecular weight is 878 g/mol. The van der Waals surface area contributed by atoms with E-state index in [0.29, 0.717) is 19.3 Å². The van der Waals surface area contributed by atoms with Gasteiger partial charge in [-0.2, -0.15) is 0 Å². The Morgan fingerprint density at radius 2 is 0.889 bits per heavy atom. The lowest BCUT2D eigenvalue weighted by Crippen LogP contribution is -2.46. The number of unbranched alkanes of at least 4 members (excludes halogenated alkanes) is 22. The minimum Gasteiger partial charge on any atom is -0.462 e. The Morgan fingerprint density at radius 3 is 1.41 bits per heavy atom. The summed E-state index contributed by atoms with van der Waals surface area (Å²) < 4.78 is 5.90. The molecule has 0 spiro atoms. The molecule has 0 saturated heterocycles. The lowest BCUT2D eigenvalue weighted by Gasteiger charge is -2.24. The summed E-state index contributed by atoms with van der Waals surface area (Å²) in [5.74, 6) is -0.556. The molecular formula is C57H99NO5. The lowest BCUT2D eigenvalue weighted by atomic mass is 10.0. The number of allylic oxidation sites excluding steroid dienone is 14. The van der Waals surface area contributed by atoms with Crippen molar-refractivity contribution in [1.29, 1.82) is 0 Å². The van der Waals surface area contributed by atoms with Crippen LogP contribution in [0.15, 0.2) is 85.1 Å². The third-order valence-electron chi connectivity index (χ3n) is 11.5. The van der Waals surface area contributed by atoms with Crippen LogP contribution >= 0.6 is 0 Å². The lowest BCUT2D eigenvalue weighted by molar-refractivity contribution is -0.151. The first-order valence-electron chi connectivity index (χ1n) is 26.3. The number of amides is 1. The standard InChI is InChI=1S/C57H99NO5/c1-4-7-10-13-16-19-21-23-25-27-29-31-33-35-38-41-44-47-50-57(62)63-53(48-45-42-39-37-34-32-30-28-26-24-22-20-17-14-11-8-5-2)51-56(61)58-54(52-59)55(60)49-46-43-40-36-18-15-12-9-6-3/h17,20-21,23-27,29-32,37,39,53-55,59-60H,4-16,18-19,22,28,33-36,38,40-52H2,1-3H3,(H,58,61)/b20-17-,23-21+,26-24-,27-25+,31-29+,32-30-,39-37-. The average Bonchev–Trinajstić information content (AvgIpc) is 3.28. The zero-order valence-electron chi connectivity index (χ0n) is 41.2. The minimum absolute atomic E-state index is 0.0275. The zero-order chi connectivity index (χ0) is 45.9. The summed E-state index contributed by atoms with van der Waals surface area (Å²) in [5.41, 5.74) is 0. The molecule has 0 fully saturated rings. The first-order valence-corrected chi connectivity index (χ1v) is 26.3. The Morgan fingerprint density at radius 1 is 0.476 bits per heavy atom. The number of carbonyl (C=O) groups is 2. The van der Waals surface area contributed by atoms with E-state index in [1.165, 1.54) is 96.3 Å². The number of hydrogen-bond donors (Lipinski definition) is 3. The molecule has 0 aromatic carbocycles. The van der Waals surface area contributed by atoms with Crippen molar-refractivity contribution >= 4 is 11.9 Å². The summed E-state index contributed by atoms with van der Waals surface area (Å²) >= 11 is 0. The van der Waals surface area contributed by atoms with Crippen molar-refractivity contribution in [2.45, 2.75) is 257 Å². The highest BCUT2D eigenvalue weighted by Crippen LogP contribution is 2.16. The van der Waals surface area contributed by atoms with E-state index in [2.05, 4.69) is 111 Å². The fourth-order valence-electron chi connectivity index (χ4n) is 7.48. The second kappa shape index (κ2) is 50.0. The van der Waals surface area contributed by atoms with Crippen molar-refractivity contribution in [3.8, 4) is 0 Å². The van der Waals surface area contributed by atoms with Gasteiger partial charge in [0.05, 0.1) is 25.2 Å². The molecule has 0 radical (unpaired) electrons. The van der Waals surface area contributed by atoms with Gasteiger partial charge in [0.25, 0.3) is 0 Å². The summed E-state index contributed by atoms with van der Waals surface area (Å²) in [4.78, 5) is 26.1. The molecule has 0 bridgehead atoms. The first-order chi connectivity index (χ1) is 31.0. The summed E-state index contributed by atoms with van der Waals surface area (Å²) in [5, 5.41) is 23.7. The molecule has 0 aromatic rings. The van der Waals surface area contributed by atoms with Gasteiger partial charge < -0.3 is 20.3 Å². The Hall–Kier alpha value is -2.96. The van der Waals surface area contributed by atoms with Crippen molar-refractivity contribution in [3.63, 3.8) is 0 Å². The third kappa shape index (κ3) is 45.4. The summed E-state index contributed by atoms with van der Waals surface area (Å²) in [6, 6.07) is -0.727. The minimum atomic E-state index is -0.809. The van der Waals surface area contributed by atoms with E-state index in [-0.39, 0.29) is 24.9 Å². The van der Waals surface area contributed by atoms with E-state index in [4.69, 9.17) is 4.74 Å². The molecule has 0 heterocycles. The van der Waals surface area contributed by atoms with Crippen LogP contribution in [-0.2, 0) is 14.3 Å².